The molecule has 0 saturated carbocycles. The molecule has 2 heterocycles. The fourth-order valence-electron chi connectivity index (χ4n) is 3.44. The van der Waals surface area contributed by atoms with Gasteiger partial charge in [0.1, 0.15) is 0 Å². The second-order valence-corrected chi connectivity index (χ2v) is 7.34. The van der Waals surface area contributed by atoms with Crippen molar-refractivity contribution in [1.29, 1.82) is 0 Å². The summed E-state index contributed by atoms with van der Waals surface area (Å²) in [6.45, 7) is 1.57. The van der Waals surface area contributed by atoms with Crippen molar-refractivity contribution in [3.8, 4) is 11.3 Å². The van der Waals surface area contributed by atoms with E-state index in [1.54, 1.807) is 12.1 Å². The zero-order valence-electron chi connectivity index (χ0n) is 15.4. The minimum atomic E-state index is -0.00761. The van der Waals surface area contributed by atoms with E-state index in [4.69, 9.17) is 11.6 Å². The van der Waals surface area contributed by atoms with Crippen LogP contribution in [0.25, 0.3) is 11.3 Å². The highest BCUT2D eigenvalue weighted by Crippen LogP contribution is 2.25. The van der Waals surface area contributed by atoms with Crippen molar-refractivity contribution < 1.29 is 4.79 Å². The summed E-state index contributed by atoms with van der Waals surface area (Å²) >= 11 is 5.98. The predicted molar refractivity (Wildman–Crippen MR) is 112 cm³/mol. The molecule has 0 bridgehead atoms. The van der Waals surface area contributed by atoms with E-state index >= 15 is 0 Å². The van der Waals surface area contributed by atoms with Crippen LogP contribution in [0.2, 0.25) is 5.02 Å². The Bertz CT molecular complexity index is 938. The molecule has 4 rings (SSSR count). The molecule has 3 aromatic rings. The third-order valence-electron chi connectivity index (χ3n) is 5.00. The minimum absolute atomic E-state index is 0.00761. The maximum absolute atomic E-state index is 12.5. The number of anilines is 2. The molecule has 2 aromatic carbocycles. The first kappa shape index (κ1) is 18.4. The standard InChI is InChI=1S/C22H21ClN4O/c23-18-7-4-8-19(15-18)24-22(28)17-11-13-27(14-12-17)21-10-9-20(25-26-21)16-5-2-1-3-6-16/h1-10,15,17H,11-14H2,(H,24,28). The molecule has 6 heteroatoms. The maximum atomic E-state index is 12.5. The topological polar surface area (TPSA) is 58.1 Å². The van der Waals surface area contributed by atoms with Crippen molar-refractivity contribution in [2.45, 2.75) is 12.8 Å². The Morgan fingerprint density at radius 3 is 2.43 bits per heavy atom. The quantitative estimate of drug-likeness (QED) is 0.702. The van der Waals surface area contributed by atoms with Gasteiger partial charge in [0.15, 0.2) is 5.82 Å². The van der Waals surface area contributed by atoms with E-state index in [0.29, 0.717) is 5.02 Å². The first-order valence-electron chi connectivity index (χ1n) is 9.39. The van der Waals surface area contributed by atoms with Gasteiger partial charge < -0.3 is 10.2 Å². The molecule has 1 fully saturated rings. The summed E-state index contributed by atoms with van der Waals surface area (Å²) in [6.07, 6.45) is 1.57. The molecule has 1 amide bonds. The zero-order chi connectivity index (χ0) is 19.3. The number of amides is 1. The maximum Gasteiger partial charge on any atom is 0.227 e. The molecule has 142 valence electrons. The molecule has 0 aliphatic carbocycles. The molecule has 1 aromatic heterocycles. The van der Waals surface area contributed by atoms with E-state index in [0.717, 1.165) is 48.7 Å². The van der Waals surface area contributed by atoms with Gasteiger partial charge in [0.25, 0.3) is 0 Å². The van der Waals surface area contributed by atoms with E-state index < -0.39 is 0 Å². The van der Waals surface area contributed by atoms with Crippen molar-refractivity contribution >= 4 is 29.0 Å². The second-order valence-electron chi connectivity index (χ2n) is 6.90. The van der Waals surface area contributed by atoms with E-state index in [2.05, 4.69) is 20.4 Å². The van der Waals surface area contributed by atoms with Crippen LogP contribution in [0.15, 0.2) is 66.7 Å². The molecular weight excluding hydrogens is 372 g/mol. The highest BCUT2D eigenvalue weighted by molar-refractivity contribution is 6.30. The van der Waals surface area contributed by atoms with Gasteiger partial charge in [-0.25, -0.2) is 0 Å². The van der Waals surface area contributed by atoms with Gasteiger partial charge in [-0.2, -0.15) is 0 Å². The smallest absolute Gasteiger partial charge is 0.227 e. The summed E-state index contributed by atoms with van der Waals surface area (Å²) < 4.78 is 0. The lowest BCUT2D eigenvalue weighted by Crippen LogP contribution is -2.38. The SMILES string of the molecule is O=C(Nc1cccc(Cl)c1)C1CCN(c2ccc(-c3ccccc3)nn2)CC1. The van der Waals surface area contributed by atoms with E-state index in [-0.39, 0.29) is 11.8 Å². The third kappa shape index (κ3) is 4.31. The lowest BCUT2D eigenvalue weighted by molar-refractivity contribution is -0.120. The summed E-state index contributed by atoms with van der Waals surface area (Å²) in [5.41, 5.74) is 2.65. The van der Waals surface area contributed by atoms with Crippen LogP contribution in [0.4, 0.5) is 11.5 Å². The Hall–Kier alpha value is -2.92. The number of nitrogens with zero attached hydrogens (tertiary/aromatic N) is 3. The average molecular weight is 393 g/mol. The molecule has 0 unspecified atom stereocenters. The summed E-state index contributed by atoms with van der Waals surface area (Å²) in [7, 11) is 0. The highest BCUT2D eigenvalue weighted by Gasteiger charge is 2.26. The van der Waals surface area contributed by atoms with Gasteiger partial charge in [0, 0.05) is 35.3 Å². The molecule has 1 aliphatic heterocycles. The van der Waals surface area contributed by atoms with Crippen LogP contribution >= 0.6 is 11.6 Å². The second kappa shape index (κ2) is 8.40. The number of piperidine rings is 1. The van der Waals surface area contributed by atoms with E-state index in [1.807, 2.05) is 54.6 Å². The summed E-state index contributed by atoms with van der Waals surface area (Å²) in [5.74, 6) is 0.896. The van der Waals surface area contributed by atoms with Crippen LogP contribution in [-0.4, -0.2) is 29.2 Å². The number of benzene rings is 2. The molecule has 0 radical (unpaired) electrons. The van der Waals surface area contributed by atoms with Crippen LogP contribution in [-0.2, 0) is 4.79 Å². The molecule has 1 saturated heterocycles. The van der Waals surface area contributed by atoms with Crippen LogP contribution in [0.5, 0.6) is 0 Å². The third-order valence-corrected chi connectivity index (χ3v) is 5.24. The van der Waals surface area contributed by atoms with Crippen molar-refractivity contribution in [2.24, 2.45) is 5.92 Å². The first-order valence-corrected chi connectivity index (χ1v) is 9.77. The van der Waals surface area contributed by atoms with Crippen molar-refractivity contribution in [3.63, 3.8) is 0 Å². The molecule has 0 atom stereocenters. The Balaban J connectivity index is 1.34. The number of carbonyl (C=O) groups excluding carboxylic acids is 1. The number of hydrogen-bond acceptors (Lipinski definition) is 4. The number of carbonyl (C=O) groups is 1. The average Bonchev–Trinajstić information content (AvgIpc) is 2.75. The van der Waals surface area contributed by atoms with Gasteiger partial charge in [-0.3, -0.25) is 4.79 Å². The van der Waals surface area contributed by atoms with Gasteiger partial charge in [0.2, 0.25) is 5.91 Å². The number of nitrogens with one attached hydrogen (secondary N) is 1. The van der Waals surface area contributed by atoms with Gasteiger partial charge in [0.05, 0.1) is 5.69 Å². The Kier molecular flexibility index (Phi) is 5.53. The summed E-state index contributed by atoms with van der Waals surface area (Å²) in [4.78, 5) is 14.7. The highest BCUT2D eigenvalue weighted by atomic mass is 35.5. The normalized spacial score (nSPS) is 14.7. The summed E-state index contributed by atoms with van der Waals surface area (Å²) in [5, 5.41) is 12.3. The minimum Gasteiger partial charge on any atom is -0.355 e. The molecule has 0 spiro atoms. The van der Waals surface area contributed by atoms with Crippen LogP contribution < -0.4 is 10.2 Å². The van der Waals surface area contributed by atoms with Crippen LogP contribution in [0, 0.1) is 5.92 Å². The van der Waals surface area contributed by atoms with Crippen molar-refractivity contribution in [3.05, 3.63) is 71.8 Å². The number of rotatable bonds is 4. The van der Waals surface area contributed by atoms with Gasteiger partial charge in [-0.05, 0) is 43.2 Å². The van der Waals surface area contributed by atoms with Crippen molar-refractivity contribution in [1.82, 2.24) is 10.2 Å². The monoisotopic (exact) mass is 392 g/mol. The lowest BCUT2D eigenvalue weighted by atomic mass is 9.96. The van der Waals surface area contributed by atoms with E-state index in [1.165, 1.54) is 0 Å². The van der Waals surface area contributed by atoms with Crippen LogP contribution in [0.3, 0.4) is 0 Å². The number of halogens is 1. The fraction of sp³-hybridized carbons (Fsp3) is 0.227. The Morgan fingerprint density at radius 1 is 0.964 bits per heavy atom. The molecule has 28 heavy (non-hydrogen) atoms. The van der Waals surface area contributed by atoms with Gasteiger partial charge >= 0.3 is 0 Å². The lowest BCUT2D eigenvalue weighted by Gasteiger charge is -2.31. The number of hydrogen-bond donors (Lipinski definition) is 1. The Morgan fingerprint density at radius 2 is 1.75 bits per heavy atom. The summed E-state index contributed by atoms with van der Waals surface area (Å²) in [6, 6.07) is 21.2. The Labute approximate surface area is 169 Å². The molecular formula is C22H21ClN4O. The predicted octanol–water partition coefficient (Wildman–Crippen LogP) is 4.65. The molecule has 5 nitrogen and oxygen atoms in total. The fourth-order valence-corrected chi connectivity index (χ4v) is 3.63. The largest absolute Gasteiger partial charge is 0.355 e. The number of aromatic nitrogens is 2. The van der Waals surface area contributed by atoms with Crippen molar-refractivity contribution in [2.75, 3.05) is 23.3 Å². The van der Waals surface area contributed by atoms with Gasteiger partial charge in [-0.15, -0.1) is 10.2 Å². The zero-order valence-corrected chi connectivity index (χ0v) is 16.1. The first-order chi connectivity index (χ1) is 13.7. The van der Waals surface area contributed by atoms with Gasteiger partial charge in [-0.1, -0.05) is 48.0 Å². The van der Waals surface area contributed by atoms with Crippen LogP contribution in [0.1, 0.15) is 12.8 Å². The van der Waals surface area contributed by atoms with E-state index in [9.17, 15) is 4.79 Å². The molecule has 1 aliphatic rings. The molecule has 1 N–H and O–H groups in total.